The van der Waals surface area contributed by atoms with Gasteiger partial charge in [-0.15, -0.1) is 21.5 Å². The maximum Gasteiger partial charge on any atom is 0.257 e. The van der Waals surface area contributed by atoms with Gasteiger partial charge >= 0.3 is 0 Å². The van der Waals surface area contributed by atoms with Crippen LogP contribution in [0.25, 0.3) is 10.8 Å². The van der Waals surface area contributed by atoms with Crippen LogP contribution in [0.3, 0.4) is 0 Å². The van der Waals surface area contributed by atoms with E-state index in [4.69, 9.17) is 9.15 Å². The smallest absolute Gasteiger partial charge is 0.257 e. The molecule has 1 aromatic carbocycles. The van der Waals surface area contributed by atoms with Gasteiger partial charge < -0.3 is 14.5 Å². The second kappa shape index (κ2) is 9.51. The Hall–Kier alpha value is -2.55. The SMILES string of the molecule is COCCN(Cc1nnc(-c2cccs2)o1)[C@H](C)C(=O)Nc1ccc2c(c1)CCC2. The molecule has 8 heteroatoms. The van der Waals surface area contributed by atoms with E-state index in [0.717, 1.165) is 23.4 Å². The predicted molar refractivity (Wildman–Crippen MR) is 116 cm³/mol. The third kappa shape index (κ3) is 4.77. The normalized spacial score (nSPS) is 14.1. The van der Waals surface area contributed by atoms with Gasteiger partial charge in [0.15, 0.2) is 0 Å². The van der Waals surface area contributed by atoms with E-state index in [1.165, 1.54) is 17.5 Å². The van der Waals surface area contributed by atoms with Crippen LogP contribution in [-0.2, 0) is 28.9 Å². The van der Waals surface area contributed by atoms with Gasteiger partial charge in [-0.25, -0.2) is 0 Å². The molecule has 1 N–H and O–H groups in total. The van der Waals surface area contributed by atoms with E-state index >= 15 is 0 Å². The van der Waals surface area contributed by atoms with Gasteiger partial charge in [-0.2, -0.15) is 0 Å². The van der Waals surface area contributed by atoms with Crippen LogP contribution in [0, 0.1) is 0 Å². The number of hydrogen-bond donors (Lipinski definition) is 1. The van der Waals surface area contributed by atoms with E-state index in [0.29, 0.717) is 31.5 Å². The molecule has 0 radical (unpaired) electrons. The quantitative estimate of drug-likeness (QED) is 0.561. The van der Waals surface area contributed by atoms with Crippen molar-refractivity contribution in [3.63, 3.8) is 0 Å². The number of fused-ring (bicyclic) bond motifs is 1. The number of methoxy groups -OCH3 is 1. The second-order valence-corrected chi connectivity index (χ2v) is 8.39. The van der Waals surface area contributed by atoms with Crippen molar-refractivity contribution in [2.75, 3.05) is 25.6 Å². The van der Waals surface area contributed by atoms with Crippen LogP contribution in [0.5, 0.6) is 0 Å². The van der Waals surface area contributed by atoms with Crippen LogP contribution in [0.1, 0.15) is 30.4 Å². The molecule has 0 aliphatic heterocycles. The molecule has 30 heavy (non-hydrogen) atoms. The molecule has 0 unspecified atom stereocenters. The second-order valence-electron chi connectivity index (χ2n) is 7.44. The number of carbonyl (C=O) groups is 1. The molecule has 1 atom stereocenters. The van der Waals surface area contributed by atoms with E-state index in [1.807, 2.05) is 35.4 Å². The molecule has 1 aliphatic carbocycles. The van der Waals surface area contributed by atoms with Crippen molar-refractivity contribution >= 4 is 22.9 Å². The molecule has 3 aromatic rings. The molecule has 0 saturated carbocycles. The minimum atomic E-state index is -0.384. The maximum atomic E-state index is 12.9. The Morgan fingerprint density at radius 3 is 2.97 bits per heavy atom. The van der Waals surface area contributed by atoms with Crippen molar-refractivity contribution in [1.82, 2.24) is 15.1 Å². The number of thiophene rings is 1. The molecule has 0 saturated heterocycles. The monoisotopic (exact) mass is 426 g/mol. The van der Waals surface area contributed by atoms with Gasteiger partial charge in [-0.3, -0.25) is 9.69 Å². The lowest BCUT2D eigenvalue weighted by atomic mass is 10.1. The summed E-state index contributed by atoms with van der Waals surface area (Å²) in [6.45, 7) is 3.34. The third-order valence-electron chi connectivity index (χ3n) is 5.41. The summed E-state index contributed by atoms with van der Waals surface area (Å²) in [4.78, 5) is 15.9. The van der Waals surface area contributed by atoms with Crippen molar-refractivity contribution in [3.8, 4) is 10.8 Å². The zero-order valence-electron chi connectivity index (χ0n) is 17.3. The standard InChI is InChI=1S/C22H26N4O3S/c1-15(21(27)23-18-9-8-16-5-3-6-17(16)13-18)26(10-11-28-2)14-20-24-25-22(29-20)19-7-4-12-30-19/h4,7-9,12-13,15H,3,5-6,10-11,14H2,1-2H3,(H,23,27)/t15-/m1/s1. The van der Waals surface area contributed by atoms with Crippen molar-refractivity contribution in [2.24, 2.45) is 0 Å². The minimum Gasteiger partial charge on any atom is -0.419 e. The van der Waals surface area contributed by atoms with E-state index in [9.17, 15) is 4.79 Å². The lowest BCUT2D eigenvalue weighted by molar-refractivity contribution is -0.121. The lowest BCUT2D eigenvalue weighted by Crippen LogP contribution is -2.43. The Kier molecular flexibility index (Phi) is 6.56. The average Bonchev–Trinajstić information content (AvgIpc) is 3.51. The fourth-order valence-corrected chi connectivity index (χ4v) is 4.32. The van der Waals surface area contributed by atoms with E-state index < -0.39 is 0 Å². The molecule has 0 fully saturated rings. The Morgan fingerprint density at radius 1 is 1.30 bits per heavy atom. The van der Waals surface area contributed by atoms with Crippen LogP contribution < -0.4 is 5.32 Å². The van der Waals surface area contributed by atoms with E-state index in [1.54, 1.807) is 18.4 Å². The van der Waals surface area contributed by atoms with Crippen molar-refractivity contribution in [3.05, 3.63) is 52.7 Å². The van der Waals surface area contributed by atoms with Gasteiger partial charge in [0.2, 0.25) is 11.8 Å². The first-order valence-electron chi connectivity index (χ1n) is 10.2. The number of aromatic nitrogens is 2. The summed E-state index contributed by atoms with van der Waals surface area (Å²) in [6.07, 6.45) is 3.40. The number of hydrogen-bond acceptors (Lipinski definition) is 7. The molecule has 4 rings (SSSR count). The highest BCUT2D eigenvalue weighted by molar-refractivity contribution is 7.13. The summed E-state index contributed by atoms with van der Waals surface area (Å²) in [5, 5.41) is 13.3. The highest BCUT2D eigenvalue weighted by atomic mass is 32.1. The van der Waals surface area contributed by atoms with Gasteiger partial charge in [0.05, 0.1) is 24.1 Å². The molecular weight excluding hydrogens is 400 g/mol. The fraction of sp³-hybridized carbons (Fsp3) is 0.409. The Balaban J connectivity index is 1.43. The predicted octanol–water partition coefficient (Wildman–Crippen LogP) is 3.76. The topological polar surface area (TPSA) is 80.5 Å². The number of anilines is 1. The summed E-state index contributed by atoms with van der Waals surface area (Å²) < 4.78 is 11.0. The number of benzene rings is 1. The molecule has 0 bridgehead atoms. The van der Waals surface area contributed by atoms with Crippen LogP contribution in [0.2, 0.25) is 0 Å². The summed E-state index contributed by atoms with van der Waals surface area (Å²) in [6, 6.07) is 9.70. The summed E-state index contributed by atoms with van der Waals surface area (Å²) >= 11 is 1.55. The summed E-state index contributed by atoms with van der Waals surface area (Å²) in [5.74, 6) is 0.913. The number of amides is 1. The van der Waals surface area contributed by atoms with Crippen molar-refractivity contribution in [1.29, 1.82) is 0 Å². The minimum absolute atomic E-state index is 0.0676. The Bertz CT molecular complexity index is 986. The van der Waals surface area contributed by atoms with Gasteiger partial charge in [0, 0.05) is 19.3 Å². The maximum absolute atomic E-state index is 12.9. The Labute approximate surface area is 180 Å². The number of carbonyl (C=O) groups excluding carboxylic acids is 1. The highest BCUT2D eigenvalue weighted by Gasteiger charge is 2.24. The van der Waals surface area contributed by atoms with Gasteiger partial charge in [0.25, 0.3) is 5.89 Å². The van der Waals surface area contributed by atoms with Gasteiger partial charge in [0.1, 0.15) is 0 Å². The number of ether oxygens (including phenoxy) is 1. The van der Waals surface area contributed by atoms with Crippen LogP contribution in [0.4, 0.5) is 5.69 Å². The van der Waals surface area contributed by atoms with Crippen LogP contribution >= 0.6 is 11.3 Å². The fourth-order valence-electron chi connectivity index (χ4n) is 3.67. The van der Waals surface area contributed by atoms with Crippen molar-refractivity contribution < 1.29 is 13.9 Å². The first kappa shape index (κ1) is 20.7. The third-order valence-corrected chi connectivity index (χ3v) is 6.27. The Morgan fingerprint density at radius 2 is 2.17 bits per heavy atom. The lowest BCUT2D eigenvalue weighted by Gasteiger charge is -2.26. The number of nitrogens with one attached hydrogen (secondary N) is 1. The van der Waals surface area contributed by atoms with E-state index in [-0.39, 0.29) is 11.9 Å². The van der Waals surface area contributed by atoms with Gasteiger partial charge in [-0.1, -0.05) is 12.1 Å². The van der Waals surface area contributed by atoms with Crippen LogP contribution in [-0.4, -0.2) is 47.3 Å². The molecule has 2 aromatic heterocycles. The largest absolute Gasteiger partial charge is 0.419 e. The first-order valence-corrected chi connectivity index (χ1v) is 11.0. The summed E-state index contributed by atoms with van der Waals surface area (Å²) in [5.41, 5.74) is 3.57. The molecule has 7 nitrogen and oxygen atoms in total. The highest BCUT2D eigenvalue weighted by Crippen LogP contribution is 2.26. The van der Waals surface area contributed by atoms with Crippen molar-refractivity contribution in [2.45, 2.75) is 38.8 Å². The number of rotatable bonds is 9. The molecule has 1 aliphatic rings. The van der Waals surface area contributed by atoms with E-state index in [2.05, 4.69) is 27.6 Å². The zero-order valence-corrected chi connectivity index (χ0v) is 18.1. The molecule has 1 amide bonds. The molecular formula is C22H26N4O3S. The summed E-state index contributed by atoms with van der Waals surface area (Å²) in [7, 11) is 1.65. The molecule has 2 heterocycles. The zero-order chi connectivity index (χ0) is 20.9. The molecule has 0 spiro atoms. The van der Waals surface area contributed by atoms with Crippen LogP contribution in [0.15, 0.2) is 40.1 Å². The average molecular weight is 427 g/mol. The number of aryl methyl sites for hydroxylation is 2. The van der Waals surface area contributed by atoms with Gasteiger partial charge in [-0.05, 0) is 60.9 Å². The number of nitrogens with zero attached hydrogens (tertiary/aromatic N) is 3. The first-order chi connectivity index (χ1) is 14.6. The molecule has 158 valence electrons.